The Hall–Kier alpha value is -5.14. The van der Waals surface area contributed by atoms with Gasteiger partial charge in [0, 0.05) is 24.9 Å². The second-order valence-corrected chi connectivity index (χ2v) is 9.08. The van der Waals surface area contributed by atoms with Gasteiger partial charge in [-0.15, -0.1) is 0 Å². The van der Waals surface area contributed by atoms with Crippen molar-refractivity contribution in [2.75, 3.05) is 27.0 Å². The van der Waals surface area contributed by atoms with Crippen LogP contribution in [0.5, 0.6) is 17.2 Å². The Kier molecular flexibility index (Phi) is 6.28. The van der Waals surface area contributed by atoms with Crippen molar-refractivity contribution in [1.82, 2.24) is 4.90 Å². The van der Waals surface area contributed by atoms with Gasteiger partial charge in [0.1, 0.15) is 12.7 Å². The van der Waals surface area contributed by atoms with E-state index >= 15 is 0 Å². The van der Waals surface area contributed by atoms with Gasteiger partial charge in [0.25, 0.3) is 0 Å². The van der Waals surface area contributed by atoms with Crippen LogP contribution in [0.1, 0.15) is 17.0 Å². The first-order chi connectivity index (χ1) is 18.5. The van der Waals surface area contributed by atoms with Crippen LogP contribution >= 0.6 is 0 Å². The first-order valence-electron chi connectivity index (χ1n) is 11.8. The molecule has 0 bridgehead atoms. The molecule has 2 atom stereocenters. The Morgan fingerprint density at radius 1 is 1.18 bits per heavy atom. The molecule has 0 aromatic heterocycles. The zero-order chi connectivity index (χ0) is 26.9. The highest BCUT2D eigenvalue weighted by Gasteiger charge is 2.55. The van der Waals surface area contributed by atoms with E-state index in [0.29, 0.717) is 28.4 Å². The number of ether oxygens (including phenoxy) is 4. The molecule has 1 aliphatic carbocycles. The van der Waals surface area contributed by atoms with E-state index in [2.05, 4.69) is 18.2 Å². The molecule has 5 rings (SSSR count). The molecule has 0 fully saturated rings. The number of carbonyl (C=O) groups excluding carboxylic acids is 1. The molecule has 2 aromatic rings. The number of rotatable bonds is 4. The fraction of sp³-hybridized carbons (Fsp3) is 0.286. The number of nitrogens with zero attached hydrogens (tertiary/aromatic N) is 4. The van der Waals surface area contributed by atoms with Crippen molar-refractivity contribution in [1.29, 1.82) is 15.8 Å². The molecule has 2 heterocycles. The lowest BCUT2D eigenvalue weighted by Crippen LogP contribution is -2.49. The van der Waals surface area contributed by atoms with Crippen molar-refractivity contribution in [3.8, 4) is 35.5 Å². The normalized spacial score (nSPS) is 20.8. The van der Waals surface area contributed by atoms with Crippen LogP contribution in [0, 0.1) is 45.3 Å². The van der Waals surface area contributed by atoms with E-state index in [-0.39, 0.29) is 37.8 Å². The van der Waals surface area contributed by atoms with Gasteiger partial charge < -0.3 is 29.6 Å². The molecular weight excluding hydrogens is 486 g/mol. The minimum atomic E-state index is -1.89. The first-order valence-corrected chi connectivity index (χ1v) is 11.8. The van der Waals surface area contributed by atoms with Crippen molar-refractivity contribution >= 4 is 6.09 Å². The lowest BCUT2D eigenvalue weighted by atomic mass is 9.58. The van der Waals surface area contributed by atoms with Crippen molar-refractivity contribution in [2.45, 2.75) is 12.5 Å². The summed E-state index contributed by atoms with van der Waals surface area (Å²) < 4.78 is 22.1. The van der Waals surface area contributed by atoms with Crippen molar-refractivity contribution in [3.05, 3.63) is 76.5 Å². The Morgan fingerprint density at radius 3 is 2.63 bits per heavy atom. The van der Waals surface area contributed by atoms with E-state index in [1.54, 1.807) is 18.2 Å². The summed E-state index contributed by atoms with van der Waals surface area (Å²) in [6, 6.07) is 18.9. The molecular formula is C28H23N5O5. The average Bonchev–Trinajstić information content (AvgIpc) is 3.44. The van der Waals surface area contributed by atoms with E-state index < -0.39 is 23.3 Å². The van der Waals surface area contributed by atoms with Crippen LogP contribution < -0.4 is 19.9 Å². The Labute approximate surface area is 219 Å². The predicted octanol–water partition coefficient (Wildman–Crippen LogP) is 3.49. The molecule has 2 aromatic carbocycles. The minimum absolute atomic E-state index is 0.00229. The minimum Gasteiger partial charge on any atom is -0.493 e. The van der Waals surface area contributed by atoms with Gasteiger partial charge in [-0.3, -0.25) is 0 Å². The van der Waals surface area contributed by atoms with Gasteiger partial charge in [0.15, 0.2) is 16.9 Å². The molecule has 38 heavy (non-hydrogen) atoms. The van der Waals surface area contributed by atoms with Gasteiger partial charge in [-0.05, 0) is 28.8 Å². The number of nitriles is 3. The second kappa shape index (κ2) is 9.72. The van der Waals surface area contributed by atoms with E-state index in [1.165, 1.54) is 12.0 Å². The van der Waals surface area contributed by atoms with E-state index in [4.69, 9.17) is 24.7 Å². The monoisotopic (exact) mass is 509 g/mol. The fourth-order valence-electron chi connectivity index (χ4n) is 5.35. The van der Waals surface area contributed by atoms with Crippen LogP contribution in [0.15, 0.2) is 65.4 Å². The predicted molar refractivity (Wildman–Crippen MR) is 132 cm³/mol. The molecule has 10 heteroatoms. The third-order valence-corrected chi connectivity index (χ3v) is 7.17. The molecule has 0 saturated carbocycles. The Balaban J connectivity index is 1.57. The topological polar surface area (TPSA) is 155 Å². The third-order valence-electron chi connectivity index (χ3n) is 7.17. The van der Waals surface area contributed by atoms with Crippen LogP contribution in [0.25, 0.3) is 0 Å². The summed E-state index contributed by atoms with van der Waals surface area (Å²) in [7, 11) is 1.47. The van der Waals surface area contributed by atoms with Crippen LogP contribution in [0.3, 0.4) is 0 Å². The number of carbonyl (C=O) groups is 1. The zero-order valence-electron chi connectivity index (χ0n) is 20.5. The lowest BCUT2D eigenvalue weighted by Gasteiger charge is -2.45. The van der Waals surface area contributed by atoms with Crippen LogP contribution in [-0.2, 0) is 11.3 Å². The Morgan fingerprint density at radius 2 is 1.95 bits per heavy atom. The number of fused-ring (bicyclic) bond motifs is 2. The maximum Gasteiger partial charge on any atom is 0.410 e. The van der Waals surface area contributed by atoms with Crippen molar-refractivity contribution in [3.63, 3.8) is 0 Å². The summed E-state index contributed by atoms with van der Waals surface area (Å²) in [5.41, 5.74) is 6.43. The number of benzene rings is 2. The summed E-state index contributed by atoms with van der Waals surface area (Å²) in [6.45, 7) is 0.375. The SMILES string of the molecule is COc1cc([C@H]2[C@H]3CN(C(=O)OCc4ccccc4)CC=C3C(C#N)=C(N)C2(C#N)C#N)cc2c1OCO2. The number of amides is 1. The number of hydrogen-bond acceptors (Lipinski definition) is 9. The maximum atomic E-state index is 13.0. The number of hydrogen-bond donors (Lipinski definition) is 1. The molecule has 0 unspecified atom stereocenters. The van der Waals surface area contributed by atoms with Gasteiger partial charge in [-0.2, -0.15) is 15.8 Å². The lowest BCUT2D eigenvalue weighted by molar-refractivity contribution is 0.0898. The highest BCUT2D eigenvalue weighted by atomic mass is 16.7. The quantitative estimate of drug-likeness (QED) is 0.652. The first kappa shape index (κ1) is 24.5. The molecule has 190 valence electrons. The summed E-state index contributed by atoms with van der Waals surface area (Å²) in [5.74, 6) is -0.279. The third kappa shape index (κ3) is 3.82. The number of nitrogens with two attached hydrogens (primary N) is 1. The fourth-order valence-corrected chi connectivity index (χ4v) is 5.35. The highest BCUT2D eigenvalue weighted by Crippen LogP contribution is 2.56. The molecule has 2 aliphatic heterocycles. The van der Waals surface area contributed by atoms with E-state index in [9.17, 15) is 20.6 Å². The average molecular weight is 510 g/mol. The van der Waals surface area contributed by atoms with Gasteiger partial charge in [-0.25, -0.2) is 4.79 Å². The zero-order valence-corrected chi connectivity index (χ0v) is 20.5. The van der Waals surface area contributed by atoms with Gasteiger partial charge >= 0.3 is 6.09 Å². The van der Waals surface area contributed by atoms with Crippen LogP contribution in [0.2, 0.25) is 0 Å². The standard InChI is InChI=1S/C28H23N5O5/c1-35-22-9-18(10-23-25(22)38-16-37-23)24-21-12-33(27(34)36-13-17-5-3-2-4-6-17)8-7-19(21)20(11-29)26(32)28(24,14-30)15-31/h2-7,9-10,21,24H,8,12-13,16,32H2,1H3/t21-,24-/m0/s1. The molecule has 0 saturated heterocycles. The van der Waals surface area contributed by atoms with Crippen molar-refractivity contribution in [2.24, 2.45) is 17.1 Å². The molecule has 1 amide bonds. The van der Waals surface area contributed by atoms with Gasteiger partial charge in [0.2, 0.25) is 12.5 Å². The summed E-state index contributed by atoms with van der Waals surface area (Å²) in [5, 5.41) is 30.7. The molecule has 3 aliphatic rings. The molecule has 0 spiro atoms. The number of allylic oxidation sites excluding steroid dienone is 2. The highest BCUT2D eigenvalue weighted by molar-refractivity contribution is 5.70. The molecule has 10 nitrogen and oxygen atoms in total. The Bertz CT molecular complexity index is 1460. The van der Waals surface area contributed by atoms with Gasteiger partial charge in [-0.1, -0.05) is 36.4 Å². The van der Waals surface area contributed by atoms with Gasteiger partial charge in [0.05, 0.1) is 30.5 Å². The van der Waals surface area contributed by atoms with Crippen LogP contribution in [0.4, 0.5) is 4.79 Å². The number of methoxy groups -OCH3 is 1. The van der Waals surface area contributed by atoms with E-state index in [0.717, 1.165) is 5.56 Å². The second-order valence-electron chi connectivity index (χ2n) is 9.08. The smallest absolute Gasteiger partial charge is 0.410 e. The summed E-state index contributed by atoms with van der Waals surface area (Å²) in [6.07, 6.45) is 1.19. The van der Waals surface area contributed by atoms with E-state index in [1.807, 2.05) is 30.3 Å². The molecule has 2 N–H and O–H groups in total. The van der Waals surface area contributed by atoms with Crippen LogP contribution in [-0.4, -0.2) is 38.0 Å². The summed E-state index contributed by atoms with van der Waals surface area (Å²) in [4.78, 5) is 14.5. The summed E-state index contributed by atoms with van der Waals surface area (Å²) >= 11 is 0. The molecule has 0 radical (unpaired) electrons. The largest absolute Gasteiger partial charge is 0.493 e. The van der Waals surface area contributed by atoms with Crippen molar-refractivity contribution < 1.29 is 23.7 Å². The maximum absolute atomic E-state index is 13.0.